The van der Waals surface area contributed by atoms with Crippen LogP contribution in [0.15, 0.2) is 54.6 Å². The Bertz CT molecular complexity index is 655. The number of nitrogens with two attached hydrogens (primary N) is 1. The van der Waals surface area contributed by atoms with E-state index in [2.05, 4.69) is 31.3 Å². The van der Waals surface area contributed by atoms with Gasteiger partial charge in [-0.25, -0.2) is 0 Å². The fourth-order valence-corrected chi connectivity index (χ4v) is 2.38. The van der Waals surface area contributed by atoms with Crippen molar-refractivity contribution in [2.24, 2.45) is 5.73 Å². The molecule has 0 heterocycles. The monoisotopic (exact) mass is 362 g/mol. The summed E-state index contributed by atoms with van der Waals surface area (Å²) >= 11 is 0. The molecule has 0 aliphatic carbocycles. The van der Waals surface area contributed by atoms with Gasteiger partial charge in [0, 0.05) is 0 Å². The second-order valence-electron chi connectivity index (χ2n) is 6.40. The molecule has 0 radical (unpaired) electrons. The Hall–Kier alpha value is -2.04. The maximum absolute atomic E-state index is 12.3. The lowest BCUT2D eigenvalue weighted by Gasteiger charge is -2.24. The number of rotatable bonds is 7. The molecule has 0 bridgehead atoms. The predicted molar refractivity (Wildman–Crippen MR) is 104 cm³/mol. The fraction of sp³-hybridized carbons (Fsp3) is 0.350. The highest BCUT2D eigenvalue weighted by atomic mass is 35.5. The number of hydrogen-bond acceptors (Lipinski definition) is 3. The molecule has 0 spiro atoms. The van der Waals surface area contributed by atoms with Gasteiger partial charge in [-0.2, -0.15) is 0 Å². The molecule has 2 aromatic carbocycles. The van der Waals surface area contributed by atoms with Crippen molar-refractivity contribution in [3.63, 3.8) is 0 Å². The number of benzene rings is 2. The van der Waals surface area contributed by atoms with E-state index in [9.17, 15) is 4.79 Å². The van der Waals surface area contributed by atoms with Gasteiger partial charge in [0.15, 0.2) is 0 Å². The molecule has 0 fully saturated rings. The molecule has 136 valence electrons. The van der Waals surface area contributed by atoms with E-state index in [1.54, 1.807) is 6.92 Å². The standard InChI is InChI=1S/C20H26N2O2.ClH/c1-15(2)16-9-11-18(12-10-16)24-14-13-22-19(23)20(3,21)17-7-5-4-6-8-17;/h4-12,15H,13-14,21H2,1-3H3,(H,22,23);1H. The van der Waals surface area contributed by atoms with Crippen LogP contribution in [0, 0.1) is 0 Å². The van der Waals surface area contributed by atoms with E-state index in [0.29, 0.717) is 19.1 Å². The maximum atomic E-state index is 12.3. The summed E-state index contributed by atoms with van der Waals surface area (Å²) in [4.78, 5) is 12.3. The lowest BCUT2D eigenvalue weighted by molar-refractivity contribution is -0.126. The first-order valence-electron chi connectivity index (χ1n) is 8.26. The van der Waals surface area contributed by atoms with Gasteiger partial charge in [-0.15, -0.1) is 12.4 Å². The molecule has 4 nitrogen and oxygen atoms in total. The molecule has 2 rings (SSSR count). The Labute approximate surface area is 156 Å². The minimum atomic E-state index is -1.06. The Morgan fingerprint density at radius 2 is 1.72 bits per heavy atom. The predicted octanol–water partition coefficient (Wildman–Crippen LogP) is 3.60. The van der Waals surface area contributed by atoms with Crippen molar-refractivity contribution in [3.8, 4) is 5.75 Å². The molecule has 1 atom stereocenters. The maximum Gasteiger partial charge on any atom is 0.244 e. The quantitative estimate of drug-likeness (QED) is 0.739. The summed E-state index contributed by atoms with van der Waals surface area (Å²) in [7, 11) is 0. The Morgan fingerprint density at radius 1 is 1.12 bits per heavy atom. The van der Waals surface area contributed by atoms with E-state index in [0.717, 1.165) is 11.3 Å². The number of carbonyl (C=O) groups is 1. The van der Waals surface area contributed by atoms with E-state index < -0.39 is 5.54 Å². The lowest BCUT2D eigenvalue weighted by atomic mass is 9.92. The summed E-state index contributed by atoms with van der Waals surface area (Å²) in [6.07, 6.45) is 0. The van der Waals surface area contributed by atoms with Crippen LogP contribution in [-0.4, -0.2) is 19.1 Å². The normalized spacial score (nSPS) is 12.8. The summed E-state index contributed by atoms with van der Waals surface area (Å²) in [5.41, 5.74) is 7.17. The van der Waals surface area contributed by atoms with Gasteiger partial charge in [0.2, 0.25) is 5.91 Å². The van der Waals surface area contributed by atoms with Crippen LogP contribution in [0.2, 0.25) is 0 Å². The number of carbonyl (C=O) groups excluding carboxylic acids is 1. The van der Waals surface area contributed by atoms with Crippen molar-refractivity contribution in [2.75, 3.05) is 13.2 Å². The van der Waals surface area contributed by atoms with Gasteiger partial charge in [0.05, 0.1) is 6.54 Å². The zero-order valence-corrected chi connectivity index (χ0v) is 15.8. The number of amides is 1. The smallest absolute Gasteiger partial charge is 0.244 e. The van der Waals surface area contributed by atoms with Crippen LogP contribution in [0.3, 0.4) is 0 Å². The molecule has 0 aromatic heterocycles. The van der Waals surface area contributed by atoms with Crippen molar-refractivity contribution >= 4 is 18.3 Å². The fourth-order valence-electron chi connectivity index (χ4n) is 2.38. The molecular weight excluding hydrogens is 336 g/mol. The van der Waals surface area contributed by atoms with Crippen LogP contribution in [0.5, 0.6) is 5.75 Å². The largest absolute Gasteiger partial charge is 0.492 e. The van der Waals surface area contributed by atoms with Crippen LogP contribution in [0.25, 0.3) is 0 Å². The molecule has 5 heteroatoms. The molecule has 1 unspecified atom stereocenters. The topological polar surface area (TPSA) is 64.3 Å². The Morgan fingerprint density at radius 3 is 2.28 bits per heavy atom. The Balaban J connectivity index is 0.00000312. The van der Waals surface area contributed by atoms with E-state index in [-0.39, 0.29) is 18.3 Å². The number of nitrogens with one attached hydrogen (secondary N) is 1. The van der Waals surface area contributed by atoms with Crippen molar-refractivity contribution in [1.29, 1.82) is 0 Å². The number of hydrogen-bond donors (Lipinski definition) is 2. The highest BCUT2D eigenvalue weighted by Gasteiger charge is 2.29. The minimum Gasteiger partial charge on any atom is -0.492 e. The van der Waals surface area contributed by atoms with Gasteiger partial charge >= 0.3 is 0 Å². The molecule has 2 aromatic rings. The molecule has 0 saturated heterocycles. The highest BCUT2D eigenvalue weighted by molar-refractivity contribution is 5.87. The summed E-state index contributed by atoms with van der Waals surface area (Å²) in [5, 5.41) is 2.83. The summed E-state index contributed by atoms with van der Waals surface area (Å²) in [6, 6.07) is 17.4. The zero-order chi connectivity index (χ0) is 17.6. The Kier molecular flexibility index (Phi) is 7.94. The van der Waals surface area contributed by atoms with Crippen LogP contribution >= 0.6 is 12.4 Å². The van der Waals surface area contributed by atoms with Gasteiger partial charge in [-0.1, -0.05) is 56.3 Å². The second-order valence-corrected chi connectivity index (χ2v) is 6.40. The SMILES string of the molecule is CC(C)c1ccc(OCCNC(=O)C(C)(N)c2ccccc2)cc1.Cl. The van der Waals surface area contributed by atoms with Crippen LogP contribution in [0.4, 0.5) is 0 Å². The molecular formula is C20H27ClN2O2. The van der Waals surface area contributed by atoms with Gasteiger partial charge < -0.3 is 15.8 Å². The molecule has 3 N–H and O–H groups in total. The third-order valence-corrected chi connectivity index (χ3v) is 4.05. The van der Waals surface area contributed by atoms with E-state index in [1.807, 2.05) is 42.5 Å². The molecule has 0 saturated carbocycles. The highest BCUT2D eigenvalue weighted by Crippen LogP contribution is 2.19. The lowest BCUT2D eigenvalue weighted by Crippen LogP contribution is -2.49. The first kappa shape index (κ1) is 21.0. The van der Waals surface area contributed by atoms with Crippen LogP contribution < -0.4 is 15.8 Å². The van der Waals surface area contributed by atoms with Crippen LogP contribution in [-0.2, 0) is 10.3 Å². The second kappa shape index (κ2) is 9.44. The molecule has 1 amide bonds. The average molecular weight is 363 g/mol. The first-order chi connectivity index (χ1) is 11.4. The third kappa shape index (κ3) is 5.76. The van der Waals surface area contributed by atoms with Gasteiger partial charge in [-0.05, 0) is 36.1 Å². The van der Waals surface area contributed by atoms with E-state index >= 15 is 0 Å². The van der Waals surface area contributed by atoms with Crippen molar-refractivity contribution in [3.05, 3.63) is 65.7 Å². The minimum absolute atomic E-state index is 0. The van der Waals surface area contributed by atoms with Crippen molar-refractivity contribution < 1.29 is 9.53 Å². The molecule has 25 heavy (non-hydrogen) atoms. The number of ether oxygens (including phenoxy) is 1. The van der Waals surface area contributed by atoms with Gasteiger partial charge in [0.25, 0.3) is 0 Å². The van der Waals surface area contributed by atoms with Crippen molar-refractivity contribution in [2.45, 2.75) is 32.2 Å². The third-order valence-electron chi connectivity index (χ3n) is 4.05. The van der Waals surface area contributed by atoms with Crippen LogP contribution in [0.1, 0.15) is 37.8 Å². The van der Waals surface area contributed by atoms with Gasteiger partial charge in [-0.3, -0.25) is 4.79 Å². The summed E-state index contributed by atoms with van der Waals surface area (Å²) in [6.45, 7) is 6.83. The molecule has 0 aliphatic rings. The number of halogens is 1. The summed E-state index contributed by atoms with van der Waals surface area (Å²) in [5.74, 6) is 1.08. The van der Waals surface area contributed by atoms with E-state index in [1.165, 1.54) is 5.56 Å². The van der Waals surface area contributed by atoms with Crippen molar-refractivity contribution in [1.82, 2.24) is 5.32 Å². The molecule has 0 aliphatic heterocycles. The summed E-state index contributed by atoms with van der Waals surface area (Å²) < 4.78 is 5.65. The first-order valence-corrected chi connectivity index (χ1v) is 8.26. The van der Waals surface area contributed by atoms with E-state index in [4.69, 9.17) is 10.5 Å². The zero-order valence-electron chi connectivity index (χ0n) is 15.0. The van der Waals surface area contributed by atoms with Gasteiger partial charge in [0.1, 0.15) is 17.9 Å². The average Bonchev–Trinajstić information content (AvgIpc) is 2.59.